The van der Waals surface area contributed by atoms with Crippen molar-refractivity contribution >= 4 is 5.91 Å². The van der Waals surface area contributed by atoms with Crippen molar-refractivity contribution in [1.82, 2.24) is 15.5 Å². The number of nitrogens with one attached hydrogen (secondary N) is 2. The lowest BCUT2D eigenvalue weighted by Crippen LogP contribution is -2.35. The molecule has 0 spiro atoms. The number of likely N-dealkylation sites (tertiary alicyclic amines) is 1. The van der Waals surface area contributed by atoms with Crippen molar-refractivity contribution in [3.8, 4) is 5.75 Å². The van der Waals surface area contributed by atoms with Crippen LogP contribution in [0, 0.1) is 5.92 Å². The number of nitrogens with zero attached hydrogens (tertiary/aromatic N) is 1. The quantitative estimate of drug-likeness (QED) is 0.614. The number of amides is 1. The first-order valence-corrected chi connectivity index (χ1v) is 12.1. The first-order chi connectivity index (χ1) is 16.1. The Bertz CT molecular complexity index is 896. The van der Waals surface area contributed by atoms with Crippen molar-refractivity contribution in [2.45, 2.75) is 37.8 Å². The highest BCUT2D eigenvalue weighted by Gasteiger charge is 2.36. The summed E-state index contributed by atoms with van der Waals surface area (Å²) < 4.78 is 10.7. The third-order valence-corrected chi connectivity index (χ3v) is 6.91. The van der Waals surface area contributed by atoms with Crippen molar-refractivity contribution in [3.63, 3.8) is 0 Å². The second-order valence-electron chi connectivity index (χ2n) is 9.34. The third-order valence-electron chi connectivity index (χ3n) is 6.91. The Kier molecular flexibility index (Phi) is 8.37. The first kappa shape index (κ1) is 23.7. The Morgan fingerprint density at radius 1 is 1.09 bits per heavy atom. The fourth-order valence-corrected chi connectivity index (χ4v) is 4.95. The van der Waals surface area contributed by atoms with Gasteiger partial charge in [0, 0.05) is 51.4 Å². The molecule has 4 rings (SSSR count). The highest BCUT2D eigenvalue weighted by Crippen LogP contribution is 2.32. The molecule has 2 saturated heterocycles. The number of methoxy groups -OCH3 is 1. The fraction of sp³-hybridized carbons (Fsp3) is 0.519. The van der Waals surface area contributed by atoms with E-state index in [0.717, 1.165) is 57.9 Å². The molecule has 0 bridgehead atoms. The van der Waals surface area contributed by atoms with Crippen molar-refractivity contribution in [1.29, 1.82) is 0 Å². The van der Waals surface area contributed by atoms with Crippen LogP contribution in [0.3, 0.4) is 0 Å². The molecule has 6 heteroatoms. The Morgan fingerprint density at radius 2 is 1.88 bits per heavy atom. The SMILES string of the molecule is COc1ccc(CCNC(=O)[C@H]2CN(C)C[C@H]2c2cccc(CNC3CCOCC3)c2)cc1. The molecule has 0 saturated carbocycles. The number of likely N-dealkylation sites (N-methyl/N-ethyl adjacent to an activating group) is 1. The number of rotatable bonds is 9. The number of carbonyl (C=O) groups excluding carboxylic acids is 1. The first-order valence-electron chi connectivity index (χ1n) is 12.1. The zero-order chi connectivity index (χ0) is 23.0. The van der Waals surface area contributed by atoms with Crippen LogP contribution in [0.4, 0.5) is 0 Å². The molecule has 2 atom stereocenters. The summed E-state index contributed by atoms with van der Waals surface area (Å²) in [4.78, 5) is 15.4. The van der Waals surface area contributed by atoms with Crippen LogP contribution in [0.25, 0.3) is 0 Å². The zero-order valence-corrected chi connectivity index (χ0v) is 19.9. The maximum Gasteiger partial charge on any atom is 0.225 e. The van der Waals surface area contributed by atoms with Crippen LogP contribution in [0.5, 0.6) is 5.75 Å². The van der Waals surface area contributed by atoms with Gasteiger partial charge in [0.2, 0.25) is 5.91 Å². The molecule has 2 aliphatic rings. The summed E-state index contributed by atoms with van der Waals surface area (Å²) in [7, 11) is 3.77. The van der Waals surface area contributed by atoms with E-state index in [2.05, 4.69) is 59.0 Å². The monoisotopic (exact) mass is 451 g/mol. The Morgan fingerprint density at radius 3 is 2.64 bits per heavy atom. The maximum absolute atomic E-state index is 13.1. The fourth-order valence-electron chi connectivity index (χ4n) is 4.95. The van der Waals surface area contributed by atoms with Gasteiger partial charge in [-0.15, -0.1) is 0 Å². The molecule has 2 aliphatic heterocycles. The molecule has 2 heterocycles. The number of benzene rings is 2. The molecule has 2 aromatic carbocycles. The average Bonchev–Trinajstić information content (AvgIpc) is 3.26. The summed E-state index contributed by atoms with van der Waals surface area (Å²) in [5.41, 5.74) is 3.74. The summed E-state index contributed by atoms with van der Waals surface area (Å²) in [5, 5.41) is 6.86. The molecule has 1 amide bonds. The second kappa shape index (κ2) is 11.6. The van der Waals surface area contributed by atoms with Crippen molar-refractivity contribution in [3.05, 3.63) is 65.2 Å². The minimum atomic E-state index is -0.0235. The van der Waals surface area contributed by atoms with Gasteiger partial charge in [0.25, 0.3) is 0 Å². The van der Waals surface area contributed by atoms with Gasteiger partial charge in [0.15, 0.2) is 0 Å². The van der Waals surface area contributed by atoms with Crippen LogP contribution in [0.15, 0.2) is 48.5 Å². The van der Waals surface area contributed by atoms with Gasteiger partial charge in [0.1, 0.15) is 5.75 Å². The smallest absolute Gasteiger partial charge is 0.225 e. The number of ether oxygens (including phenoxy) is 2. The molecule has 2 aromatic rings. The van der Waals surface area contributed by atoms with Gasteiger partial charge in [-0.3, -0.25) is 4.79 Å². The van der Waals surface area contributed by atoms with Crippen LogP contribution in [0.1, 0.15) is 35.4 Å². The van der Waals surface area contributed by atoms with Crippen LogP contribution in [-0.2, 0) is 22.5 Å². The number of carbonyl (C=O) groups is 1. The van der Waals surface area contributed by atoms with Gasteiger partial charge in [-0.1, -0.05) is 36.4 Å². The lowest BCUT2D eigenvalue weighted by molar-refractivity contribution is -0.124. The van der Waals surface area contributed by atoms with Crippen LogP contribution in [0.2, 0.25) is 0 Å². The highest BCUT2D eigenvalue weighted by atomic mass is 16.5. The Balaban J connectivity index is 1.32. The van der Waals surface area contributed by atoms with Gasteiger partial charge in [0.05, 0.1) is 13.0 Å². The summed E-state index contributed by atoms with van der Waals surface area (Å²) in [6, 6.07) is 17.3. The molecule has 178 valence electrons. The number of hydrogen-bond donors (Lipinski definition) is 2. The van der Waals surface area contributed by atoms with E-state index in [1.807, 2.05) is 12.1 Å². The number of hydrogen-bond acceptors (Lipinski definition) is 5. The van der Waals surface area contributed by atoms with Gasteiger partial charge in [-0.2, -0.15) is 0 Å². The predicted molar refractivity (Wildman–Crippen MR) is 131 cm³/mol. The average molecular weight is 452 g/mol. The van der Waals surface area contributed by atoms with Gasteiger partial charge >= 0.3 is 0 Å². The largest absolute Gasteiger partial charge is 0.497 e. The highest BCUT2D eigenvalue weighted by molar-refractivity contribution is 5.80. The van der Waals surface area contributed by atoms with Crippen LogP contribution in [-0.4, -0.2) is 63.9 Å². The summed E-state index contributed by atoms with van der Waals surface area (Å²) in [5.74, 6) is 1.21. The molecule has 33 heavy (non-hydrogen) atoms. The molecule has 0 radical (unpaired) electrons. The van der Waals surface area contributed by atoms with E-state index < -0.39 is 0 Å². The standard InChI is InChI=1S/C27H37N3O3/c1-30-18-25(22-5-3-4-21(16-22)17-29-23-11-14-33-15-12-23)26(19-30)27(31)28-13-10-20-6-8-24(32-2)9-7-20/h3-9,16,23,25-26,29H,10-15,17-19H2,1-2H3,(H,28,31)/t25-,26-/m0/s1. The van der Waals surface area contributed by atoms with E-state index in [4.69, 9.17) is 9.47 Å². The van der Waals surface area contributed by atoms with Crippen LogP contribution >= 0.6 is 0 Å². The zero-order valence-electron chi connectivity index (χ0n) is 19.9. The molecule has 2 fully saturated rings. The van der Waals surface area contributed by atoms with E-state index >= 15 is 0 Å². The third kappa shape index (κ3) is 6.56. The van der Waals surface area contributed by atoms with Gasteiger partial charge < -0.3 is 25.0 Å². The lowest BCUT2D eigenvalue weighted by atomic mass is 9.87. The second-order valence-corrected chi connectivity index (χ2v) is 9.34. The van der Waals surface area contributed by atoms with Crippen molar-refractivity contribution < 1.29 is 14.3 Å². The van der Waals surface area contributed by atoms with Gasteiger partial charge in [-0.05, 0) is 55.1 Å². The van der Waals surface area contributed by atoms with E-state index in [9.17, 15) is 4.79 Å². The van der Waals surface area contributed by atoms with E-state index in [1.165, 1.54) is 16.7 Å². The minimum Gasteiger partial charge on any atom is -0.497 e. The van der Waals surface area contributed by atoms with E-state index in [1.54, 1.807) is 7.11 Å². The Labute approximate surface area is 197 Å². The molecule has 0 aliphatic carbocycles. The summed E-state index contributed by atoms with van der Waals surface area (Å²) >= 11 is 0. The molecule has 0 aromatic heterocycles. The maximum atomic E-state index is 13.1. The van der Waals surface area contributed by atoms with Gasteiger partial charge in [-0.25, -0.2) is 0 Å². The van der Waals surface area contributed by atoms with Crippen molar-refractivity contribution in [2.75, 3.05) is 47.0 Å². The summed E-state index contributed by atoms with van der Waals surface area (Å²) in [6.07, 6.45) is 2.97. The minimum absolute atomic E-state index is 0.0235. The molecule has 6 nitrogen and oxygen atoms in total. The van der Waals surface area contributed by atoms with E-state index in [0.29, 0.717) is 12.6 Å². The van der Waals surface area contributed by atoms with Crippen LogP contribution < -0.4 is 15.4 Å². The predicted octanol–water partition coefficient (Wildman–Crippen LogP) is 2.97. The van der Waals surface area contributed by atoms with Crippen molar-refractivity contribution in [2.24, 2.45) is 5.92 Å². The topological polar surface area (TPSA) is 62.8 Å². The lowest BCUT2D eigenvalue weighted by Gasteiger charge is -2.24. The molecular formula is C27H37N3O3. The molecule has 0 unspecified atom stereocenters. The Hall–Kier alpha value is -2.41. The summed E-state index contributed by atoms with van der Waals surface area (Å²) in [6.45, 7) is 4.91. The molecule has 2 N–H and O–H groups in total. The van der Waals surface area contributed by atoms with E-state index in [-0.39, 0.29) is 17.7 Å². The molecular weight excluding hydrogens is 414 g/mol. The normalized spacial score (nSPS) is 21.8.